The van der Waals surface area contributed by atoms with Gasteiger partial charge in [0.15, 0.2) is 0 Å². The van der Waals surface area contributed by atoms with Crippen molar-refractivity contribution in [1.82, 2.24) is 5.32 Å². The van der Waals surface area contributed by atoms with Crippen molar-refractivity contribution < 1.29 is 8.42 Å². The first-order valence-electron chi connectivity index (χ1n) is 6.62. The van der Waals surface area contributed by atoms with Crippen molar-refractivity contribution in [1.29, 1.82) is 0 Å². The van der Waals surface area contributed by atoms with Crippen LogP contribution in [0.25, 0.3) is 0 Å². The maximum Gasteiger partial charge on any atom is 0.150 e. The van der Waals surface area contributed by atoms with Gasteiger partial charge in [0.2, 0.25) is 0 Å². The number of rotatable bonds is 8. The highest BCUT2D eigenvalue weighted by Crippen LogP contribution is 2.29. The Hall–Kier alpha value is 0.260. The monoisotopic (exact) mass is 279 g/mol. The summed E-state index contributed by atoms with van der Waals surface area (Å²) in [5.41, 5.74) is 0. The largest absolute Gasteiger partial charge is 0.314 e. The number of nitrogens with one attached hydrogen (secondary N) is 1. The topological polar surface area (TPSA) is 46.2 Å². The Morgan fingerprint density at radius 1 is 1.29 bits per heavy atom. The summed E-state index contributed by atoms with van der Waals surface area (Å²) >= 11 is 2.05. The fourth-order valence-corrected chi connectivity index (χ4v) is 4.27. The molecular formula is C12H25NO2S2. The molecule has 0 saturated heterocycles. The summed E-state index contributed by atoms with van der Waals surface area (Å²) in [6.45, 7) is 4.76. The molecule has 3 nitrogen and oxygen atoms in total. The molecule has 1 aliphatic rings. The van der Waals surface area contributed by atoms with Crippen LogP contribution in [0, 0.1) is 0 Å². The van der Waals surface area contributed by atoms with Crippen molar-refractivity contribution in [3.05, 3.63) is 0 Å². The minimum absolute atomic E-state index is 0.269. The Morgan fingerprint density at radius 3 is 2.71 bits per heavy atom. The fourth-order valence-electron chi connectivity index (χ4n) is 2.26. The van der Waals surface area contributed by atoms with E-state index in [9.17, 15) is 8.42 Å². The van der Waals surface area contributed by atoms with Gasteiger partial charge in [0.25, 0.3) is 0 Å². The minimum Gasteiger partial charge on any atom is -0.314 e. The van der Waals surface area contributed by atoms with Crippen LogP contribution in [0.2, 0.25) is 0 Å². The van der Waals surface area contributed by atoms with E-state index >= 15 is 0 Å². The number of sulfone groups is 1. The van der Waals surface area contributed by atoms with Gasteiger partial charge in [-0.25, -0.2) is 8.42 Å². The van der Waals surface area contributed by atoms with Gasteiger partial charge in [0.1, 0.15) is 9.84 Å². The quantitative estimate of drug-likeness (QED) is 0.691. The predicted molar refractivity (Wildman–Crippen MR) is 76.5 cm³/mol. The van der Waals surface area contributed by atoms with E-state index in [1.54, 1.807) is 6.92 Å². The summed E-state index contributed by atoms with van der Waals surface area (Å²) in [6.07, 6.45) is 4.55. The van der Waals surface area contributed by atoms with Crippen molar-refractivity contribution in [2.45, 2.75) is 50.8 Å². The molecule has 17 heavy (non-hydrogen) atoms. The van der Waals surface area contributed by atoms with Gasteiger partial charge >= 0.3 is 0 Å². The second kappa shape index (κ2) is 7.64. The summed E-state index contributed by atoms with van der Waals surface area (Å²) in [4.78, 5) is 0. The molecule has 2 atom stereocenters. The van der Waals surface area contributed by atoms with Gasteiger partial charge in [0, 0.05) is 17.0 Å². The van der Waals surface area contributed by atoms with E-state index in [1.165, 1.54) is 25.0 Å². The number of hydrogen-bond donors (Lipinski definition) is 1. The van der Waals surface area contributed by atoms with Crippen LogP contribution in [0.5, 0.6) is 0 Å². The minimum atomic E-state index is -2.78. The van der Waals surface area contributed by atoms with Gasteiger partial charge in [-0.05, 0) is 38.0 Å². The molecule has 0 aromatic rings. The molecule has 2 unspecified atom stereocenters. The third kappa shape index (κ3) is 6.11. The van der Waals surface area contributed by atoms with Crippen LogP contribution in [0.1, 0.15) is 39.5 Å². The molecule has 0 amide bonds. The van der Waals surface area contributed by atoms with Crippen LogP contribution in [0.3, 0.4) is 0 Å². The second-order valence-corrected chi connectivity index (χ2v) is 8.68. The summed E-state index contributed by atoms with van der Waals surface area (Å²) in [6, 6.07) is 0.614. The van der Waals surface area contributed by atoms with Gasteiger partial charge in [-0.3, -0.25) is 0 Å². The summed E-state index contributed by atoms with van der Waals surface area (Å²) in [5.74, 6) is 1.80. The molecule has 0 aromatic heterocycles. The van der Waals surface area contributed by atoms with Crippen LogP contribution in [-0.4, -0.2) is 43.5 Å². The van der Waals surface area contributed by atoms with Gasteiger partial charge in [-0.15, -0.1) is 0 Å². The lowest BCUT2D eigenvalue weighted by atomic mass is 10.2. The predicted octanol–water partition coefficient (Wildman–Crippen LogP) is 2.07. The van der Waals surface area contributed by atoms with Gasteiger partial charge in [0.05, 0.1) is 5.75 Å². The molecule has 0 bridgehead atoms. The lowest BCUT2D eigenvalue weighted by Gasteiger charge is -2.12. The van der Waals surface area contributed by atoms with Crippen LogP contribution in [0.15, 0.2) is 0 Å². The lowest BCUT2D eigenvalue weighted by molar-refractivity contribution is 0.521. The number of hydrogen-bond acceptors (Lipinski definition) is 4. The first kappa shape index (κ1) is 15.3. The Labute approximate surface area is 110 Å². The first-order valence-corrected chi connectivity index (χ1v) is 9.49. The smallest absolute Gasteiger partial charge is 0.150 e. The zero-order chi connectivity index (χ0) is 12.7. The maximum absolute atomic E-state index is 11.3. The van der Waals surface area contributed by atoms with Crippen molar-refractivity contribution in [2.24, 2.45) is 0 Å². The highest BCUT2D eigenvalue weighted by atomic mass is 32.2. The highest BCUT2D eigenvalue weighted by Gasteiger charge is 2.23. The van der Waals surface area contributed by atoms with Crippen molar-refractivity contribution in [3.63, 3.8) is 0 Å². The Bertz CT molecular complexity index is 304. The molecule has 1 saturated carbocycles. The first-order chi connectivity index (χ1) is 8.07. The van der Waals surface area contributed by atoms with E-state index in [0.29, 0.717) is 11.8 Å². The van der Waals surface area contributed by atoms with Crippen molar-refractivity contribution in [2.75, 3.05) is 23.8 Å². The molecule has 102 valence electrons. The van der Waals surface area contributed by atoms with Gasteiger partial charge in [-0.2, -0.15) is 11.8 Å². The van der Waals surface area contributed by atoms with Crippen LogP contribution in [-0.2, 0) is 9.84 Å². The average Bonchev–Trinajstić information content (AvgIpc) is 2.73. The molecular weight excluding hydrogens is 254 g/mol. The van der Waals surface area contributed by atoms with E-state index in [0.717, 1.165) is 18.2 Å². The van der Waals surface area contributed by atoms with Crippen LogP contribution in [0.4, 0.5) is 0 Å². The van der Waals surface area contributed by atoms with E-state index in [4.69, 9.17) is 0 Å². The van der Waals surface area contributed by atoms with E-state index in [1.807, 2.05) is 0 Å². The van der Waals surface area contributed by atoms with Gasteiger partial charge in [-0.1, -0.05) is 13.8 Å². The van der Waals surface area contributed by atoms with Crippen molar-refractivity contribution in [3.8, 4) is 0 Å². The molecule has 0 heterocycles. The molecule has 0 spiro atoms. The molecule has 0 aromatic carbocycles. The highest BCUT2D eigenvalue weighted by molar-refractivity contribution is 7.99. The SMILES string of the molecule is CCSC1CCC(NCCCS(=O)(=O)CC)C1. The molecule has 0 aliphatic heterocycles. The van der Waals surface area contributed by atoms with Gasteiger partial charge < -0.3 is 5.32 Å². The lowest BCUT2D eigenvalue weighted by Crippen LogP contribution is -2.29. The zero-order valence-electron chi connectivity index (χ0n) is 10.9. The zero-order valence-corrected chi connectivity index (χ0v) is 12.6. The Balaban J connectivity index is 2.08. The third-order valence-electron chi connectivity index (χ3n) is 3.29. The Morgan fingerprint density at radius 2 is 2.06 bits per heavy atom. The molecule has 0 radical (unpaired) electrons. The number of thioether (sulfide) groups is 1. The van der Waals surface area contributed by atoms with E-state index in [2.05, 4.69) is 24.0 Å². The molecule has 1 aliphatic carbocycles. The molecule has 5 heteroatoms. The molecule has 1 rings (SSSR count). The normalized spacial score (nSPS) is 25.3. The summed E-state index contributed by atoms with van der Waals surface area (Å²) in [7, 11) is -2.78. The average molecular weight is 279 g/mol. The maximum atomic E-state index is 11.3. The fraction of sp³-hybridized carbons (Fsp3) is 1.00. The summed E-state index contributed by atoms with van der Waals surface area (Å²) < 4.78 is 22.6. The third-order valence-corrected chi connectivity index (χ3v) is 6.32. The molecule has 1 N–H and O–H groups in total. The van der Waals surface area contributed by atoms with Crippen molar-refractivity contribution >= 4 is 21.6 Å². The molecule has 1 fully saturated rings. The Kier molecular flexibility index (Phi) is 6.89. The van der Waals surface area contributed by atoms with E-state index < -0.39 is 9.84 Å². The van der Waals surface area contributed by atoms with Crippen LogP contribution >= 0.6 is 11.8 Å². The standard InChI is InChI=1S/C12H25NO2S2/c1-3-16-12-7-6-11(10-12)13-8-5-9-17(14,15)4-2/h11-13H,3-10H2,1-2H3. The van der Waals surface area contributed by atoms with Crippen LogP contribution < -0.4 is 5.32 Å². The second-order valence-electron chi connectivity index (χ2n) is 4.63. The summed E-state index contributed by atoms with van der Waals surface area (Å²) in [5, 5.41) is 4.31. The van der Waals surface area contributed by atoms with E-state index in [-0.39, 0.29) is 5.75 Å².